The average Bonchev–Trinajstić information content (AvgIpc) is 2.22. The first-order valence-electron chi connectivity index (χ1n) is 4.61. The lowest BCUT2D eigenvalue weighted by molar-refractivity contribution is 0.152. The minimum Gasteiger partial charge on any atom is -0.395 e. The van der Waals surface area contributed by atoms with Crippen molar-refractivity contribution in [3.05, 3.63) is 21.3 Å². The molecule has 0 aliphatic carbocycles. The second kappa shape index (κ2) is 6.54. The third-order valence-electron chi connectivity index (χ3n) is 1.90. The molecule has 17 heavy (non-hydrogen) atoms. The molecule has 0 unspecified atom stereocenters. The van der Waals surface area contributed by atoms with Crippen LogP contribution in [-0.4, -0.2) is 36.2 Å². The fraction of sp³-hybridized carbons (Fsp3) is 0.444. The van der Waals surface area contributed by atoms with Gasteiger partial charge in [-0.3, -0.25) is 0 Å². The fourth-order valence-corrected chi connectivity index (χ4v) is 1.84. The Bertz CT molecular complexity index is 393. The van der Waals surface area contributed by atoms with Crippen LogP contribution in [0.1, 0.15) is 0 Å². The Kier molecular flexibility index (Phi) is 5.66. The summed E-state index contributed by atoms with van der Waals surface area (Å²) in [4.78, 5) is 4.98. The van der Waals surface area contributed by atoms with E-state index in [4.69, 9.17) is 39.9 Å². The smallest absolute Gasteiger partial charge is 0.255 e. The Hall–Kier alpha value is -0.360. The minimum absolute atomic E-state index is 0.0188. The summed E-state index contributed by atoms with van der Waals surface area (Å²) in [7, 11) is 0. The quantitative estimate of drug-likeness (QED) is 0.849. The molecule has 3 nitrogen and oxygen atoms in total. The van der Waals surface area contributed by atoms with E-state index in [1.165, 1.54) is 6.07 Å². The molecule has 0 atom stereocenters. The van der Waals surface area contributed by atoms with Gasteiger partial charge in [0, 0.05) is 6.54 Å². The summed E-state index contributed by atoms with van der Waals surface area (Å²) in [6.45, 7) is -0.911. The Morgan fingerprint density at radius 3 is 2.47 bits per heavy atom. The fourth-order valence-electron chi connectivity index (χ4n) is 1.23. The number of anilines is 1. The van der Waals surface area contributed by atoms with Crippen LogP contribution in [0.3, 0.4) is 0 Å². The second-order valence-electron chi connectivity index (χ2n) is 3.13. The monoisotopic (exact) mass is 304 g/mol. The van der Waals surface area contributed by atoms with Crippen LogP contribution in [-0.2, 0) is 0 Å². The van der Waals surface area contributed by atoms with Gasteiger partial charge in [0.25, 0.3) is 6.43 Å². The summed E-state index contributed by atoms with van der Waals surface area (Å²) in [5.41, 5.74) is 0. The van der Waals surface area contributed by atoms with Crippen molar-refractivity contribution >= 4 is 40.6 Å². The first kappa shape index (κ1) is 14.7. The van der Waals surface area contributed by atoms with Crippen LogP contribution in [0.15, 0.2) is 6.07 Å². The highest BCUT2D eigenvalue weighted by molar-refractivity contribution is 6.42. The number of alkyl halides is 2. The van der Waals surface area contributed by atoms with Crippen LogP contribution in [0, 0.1) is 0 Å². The maximum atomic E-state index is 12.4. The van der Waals surface area contributed by atoms with Crippen molar-refractivity contribution in [3.8, 4) is 0 Å². The van der Waals surface area contributed by atoms with Crippen molar-refractivity contribution in [1.29, 1.82) is 0 Å². The molecule has 0 radical (unpaired) electrons. The van der Waals surface area contributed by atoms with E-state index in [0.29, 0.717) is 0 Å². The van der Waals surface area contributed by atoms with Crippen molar-refractivity contribution in [2.24, 2.45) is 0 Å². The van der Waals surface area contributed by atoms with E-state index in [2.05, 4.69) is 4.98 Å². The van der Waals surface area contributed by atoms with Gasteiger partial charge in [-0.15, -0.1) is 0 Å². The molecular formula is C9H9Cl3F2N2O. The molecule has 0 spiro atoms. The molecule has 0 amide bonds. The Morgan fingerprint density at radius 1 is 1.29 bits per heavy atom. The highest BCUT2D eigenvalue weighted by Gasteiger charge is 2.18. The molecule has 0 aliphatic rings. The number of nitrogens with zero attached hydrogens (tertiary/aromatic N) is 2. The van der Waals surface area contributed by atoms with Crippen molar-refractivity contribution in [2.45, 2.75) is 6.43 Å². The van der Waals surface area contributed by atoms with Crippen molar-refractivity contribution in [2.75, 3.05) is 24.6 Å². The van der Waals surface area contributed by atoms with E-state index in [-0.39, 0.29) is 34.2 Å². The second-order valence-corrected chi connectivity index (χ2v) is 4.30. The molecule has 1 N–H and O–H groups in total. The Labute approximate surface area is 112 Å². The van der Waals surface area contributed by atoms with E-state index in [1.54, 1.807) is 0 Å². The van der Waals surface area contributed by atoms with E-state index in [9.17, 15) is 8.78 Å². The zero-order valence-corrected chi connectivity index (χ0v) is 10.8. The average molecular weight is 306 g/mol. The Balaban J connectivity index is 3.04. The lowest BCUT2D eigenvalue weighted by Crippen LogP contribution is -2.32. The zero-order chi connectivity index (χ0) is 13.0. The van der Waals surface area contributed by atoms with Crippen LogP contribution in [0.5, 0.6) is 0 Å². The molecule has 1 aromatic rings. The van der Waals surface area contributed by atoms with Crippen LogP contribution < -0.4 is 4.90 Å². The summed E-state index contributed by atoms with van der Waals surface area (Å²) >= 11 is 17.2. The topological polar surface area (TPSA) is 36.4 Å². The molecular weight excluding hydrogens is 296 g/mol. The Morgan fingerprint density at radius 2 is 1.94 bits per heavy atom. The van der Waals surface area contributed by atoms with Gasteiger partial charge in [-0.05, 0) is 6.07 Å². The van der Waals surface area contributed by atoms with Gasteiger partial charge < -0.3 is 10.0 Å². The summed E-state index contributed by atoms with van der Waals surface area (Å²) in [6, 6.07) is 1.32. The largest absolute Gasteiger partial charge is 0.395 e. The summed E-state index contributed by atoms with van der Waals surface area (Å²) in [5.74, 6) is 0.0791. The van der Waals surface area contributed by atoms with Gasteiger partial charge >= 0.3 is 0 Å². The summed E-state index contributed by atoms with van der Waals surface area (Å²) < 4.78 is 24.7. The van der Waals surface area contributed by atoms with Crippen LogP contribution in [0.25, 0.3) is 0 Å². The maximum absolute atomic E-state index is 12.4. The number of aliphatic hydroxyl groups excluding tert-OH is 1. The van der Waals surface area contributed by atoms with Crippen molar-refractivity contribution in [1.82, 2.24) is 4.98 Å². The first-order chi connectivity index (χ1) is 7.95. The van der Waals surface area contributed by atoms with Gasteiger partial charge in [0.2, 0.25) is 0 Å². The number of hydrogen-bond donors (Lipinski definition) is 1. The molecule has 1 heterocycles. The minimum atomic E-state index is -2.58. The highest BCUT2D eigenvalue weighted by atomic mass is 35.5. The number of rotatable bonds is 5. The van der Waals surface area contributed by atoms with Gasteiger partial charge in [0.15, 0.2) is 0 Å². The third-order valence-corrected chi connectivity index (χ3v) is 2.85. The lowest BCUT2D eigenvalue weighted by atomic mass is 10.4. The number of pyridine rings is 1. The van der Waals surface area contributed by atoms with Gasteiger partial charge in [0.1, 0.15) is 11.0 Å². The summed E-state index contributed by atoms with van der Waals surface area (Å²) in [6.07, 6.45) is -2.58. The predicted octanol–water partition coefficient (Wildman–Crippen LogP) is 3.11. The molecule has 1 aromatic heterocycles. The standard InChI is InChI=1S/C9H9Cl3F2N2O/c10-5-3-6(11)9(15-8(5)12)16(1-2-17)4-7(13)14/h3,7,17H,1-2,4H2. The molecule has 0 saturated carbocycles. The van der Waals surface area contributed by atoms with E-state index in [0.717, 1.165) is 4.90 Å². The van der Waals surface area contributed by atoms with Gasteiger partial charge in [0.05, 0.1) is 23.2 Å². The van der Waals surface area contributed by atoms with Crippen LogP contribution >= 0.6 is 34.8 Å². The summed E-state index contributed by atoms with van der Waals surface area (Å²) in [5, 5.41) is 9.03. The molecule has 0 aromatic carbocycles. The van der Waals surface area contributed by atoms with Crippen molar-refractivity contribution in [3.63, 3.8) is 0 Å². The molecule has 0 fully saturated rings. The predicted molar refractivity (Wildman–Crippen MR) is 64.6 cm³/mol. The molecule has 1 rings (SSSR count). The van der Waals surface area contributed by atoms with Gasteiger partial charge in [-0.25, -0.2) is 13.8 Å². The first-order valence-corrected chi connectivity index (χ1v) is 5.74. The molecule has 0 bridgehead atoms. The van der Waals surface area contributed by atoms with Crippen LogP contribution in [0.4, 0.5) is 14.6 Å². The van der Waals surface area contributed by atoms with Gasteiger partial charge in [-0.1, -0.05) is 34.8 Å². The van der Waals surface area contributed by atoms with E-state index >= 15 is 0 Å². The molecule has 8 heteroatoms. The normalized spacial score (nSPS) is 11.0. The number of hydrogen-bond acceptors (Lipinski definition) is 3. The highest BCUT2D eigenvalue weighted by Crippen LogP contribution is 2.31. The number of aromatic nitrogens is 1. The molecule has 0 aliphatic heterocycles. The molecule has 0 saturated heterocycles. The van der Waals surface area contributed by atoms with E-state index in [1.807, 2.05) is 0 Å². The zero-order valence-electron chi connectivity index (χ0n) is 8.51. The van der Waals surface area contributed by atoms with E-state index < -0.39 is 13.0 Å². The lowest BCUT2D eigenvalue weighted by Gasteiger charge is -2.23. The number of halogens is 5. The SMILES string of the molecule is OCCN(CC(F)F)c1nc(Cl)c(Cl)cc1Cl. The van der Waals surface area contributed by atoms with Crippen LogP contribution in [0.2, 0.25) is 15.2 Å². The van der Waals surface area contributed by atoms with Gasteiger partial charge in [-0.2, -0.15) is 0 Å². The maximum Gasteiger partial charge on any atom is 0.255 e. The van der Waals surface area contributed by atoms with Crippen molar-refractivity contribution < 1.29 is 13.9 Å². The third kappa shape index (κ3) is 4.10. The molecule has 96 valence electrons. The number of aliphatic hydroxyl groups is 1.